The Balaban J connectivity index is 1.91. The van der Waals surface area contributed by atoms with Crippen molar-refractivity contribution in [2.75, 3.05) is 19.0 Å². The molecule has 1 N–H and O–H groups in total. The Morgan fingerprint density at radius 1 is 1.28 bits per heavy atom. The van der Waals surface area contributed by atoms with Crippen molar-refractivity contribution in [2.24, 2.45) is 5.92 Å². The summed E-state index contributed by atoms with van der Waals surface area (Å²) in [5, 5.41) is 10.3. The van der Waals surface area contributed by atoms with Crippen LogP contribution in [-0.2, 0) is 0 Å². The van der Waals surface area contributed by atoms with Crippen LogP contribution in [0, 0.1) is 5.92 Å². The van der Waals surface area contributed by atoms with Gasteiger partial charge in [-0.1, -0.05) is 37.8 Å². The van der Waals surface area contributed by atoms with Crippen LogP contribution in [0.1, 0.15) is 50.2 Å². The third-order valence-corrected chi connectivity index (χ3v) is 4.09. The molecule has 2 rings (SSSR count). The van der Waals surface area contributed by atoms with Gasteiger partial charge in [-0.05, 0) is 36.5 Å². The number of anilines is 1. The van der Waals surface area contributed by atoms with Crippen molar-refractivity contribution in [2.45, 2.75) is 44.6 Å². The lowest BCUT2D eigenvalue weighted by molar-refractivity contribution is 0.157. The lowest BCUT2D eigenvalue weighted by atomic mass is 9.96. The normalized spacial score (nSPS) is 17.9. The highest BCUT2D eigenvalue weighted by atomic mass is 16.3. The highest BCUT2D eigenvalue weighted by molar-refractivity contribution is 5.47. The lowest BCUT2D eigenvalue weighted by Crippen LogP contribution is -2.09. The SMILES string of the molecule is CN(C)c1cccc(C(O)CCC2CCCC2)c1. The Bertz CT molecular complexity index is 369. The predicted molar refractivity (Wildman–Crippen MR) is 76.9 cm³/mol. The molecular formula is C16H25NO. The molecule has 2 nitrogen and oxygen atoms in total. The van der Waals surface area contributed by atoms with E-state index >= 15 is 0 Å². The van der Waals surface area contributed by atoms with Crippen LogP contribution < -0.4 is 4.90 Å². The number of hydrogen-bond acceptors (Lipinski definition) is 2. The topological polar surface area (TPSA) is 23.5 Å². The van der Waals surface area contributed by atoms with Gasteiger partial charge in [-0.25, -0.2) is 0 Å². The van der Waals surface area contributed by atoms with Gasteiger partial charge >= 0.3 is 0 Å². The average molecular weight is 247 g/mol. The Kier molecular flexibility index (Phi) is 4.65. The Morgan fingerprint density at radius 3 is 2.67 bits per heavy atom. The molecule has 1 atom stereocenters. The maximum Gasteiger partial charge on any atom is 0.0790 e. The molecular weight excluding hydrogens is 222 g/mol. The van der Waals surface area contributed by atoms with Crippen LogP contribution >= 0.6 is 0 Å². The van der Waals surface area contributed by atoms with Crippen LogP contribution in [0.3, 0.4) is 0 Å². The maximum atomic E-state index is 10.3. The zero-order valence-electron chi connectivity index (χ0n) is 11.6. The minimum atomic E-state index is -0.300. The van der Waals surface area contributed by atoms with Crippen LogP contribution in [0.5, 0.6) is 0 Å². The summed E-state index contributed by atoms with van der Waals surface area (Å²) in [4.78, 5) is 2.08. The molecule has 0 heterocycles. The summed E-state index contributed by atoms with van der Waals surface area (Å²) in [6, 6.07) is 8.24. The molecule has 1 fully saturated rings. The maximum absolute atomic E-state index is 10.3. The molecule has 0 radical (unpaired) electrons. The number of nitrogens with zero attached hydrogens (tertiary/aromatic N) is 1. The molecule has 1 aliphatic rings. The third-order valence-electron chi connectivity index (χ3n) is 4.09. The second-order valence-corrected chi connectivity index (χ2v) is 5.73. The largest absolute Gasteiger partial charge is 0.388 e. The number of hydrogen-bond donors (Lipinski definition) is 1. The Morgan fingerprint density at radius 2 is 2.00 bits per heavy atom. The molecule has 1 saturated carbocycles. The molecule has 0 bridgehead atoms. The lowest BCUT2D eigenvalue weighted by Gasteiger charge is -2.17. The molecule has 0 saturated heterocycles. The fraction of sp³-hybridized carbons (Fsp3) is 0.625. The molecule has 0 aliphatic heterocycles. The van der Waals surface area contributed by atoms with Gasteiger partial charge in [0.05, 0.1) is 6.10 Å². The first-order chi connectivity index (χ1) is 8.66. The van der Waals surface area contributed by atoms with Crippen molar-refractivity contribution in [1.82, 2.24) is 0 Å². The van der Waals surface area contributed by atoms with E-state index in [1.165, 1.54) is 32.1 Å². The first-order valence-electron chi connectivity index (χ1n) is 7.12. The van der Waals surface area contributed by atoms with E-state index in [-0.39, 0.29) is 6.10 Å². The molecule has 2 heteroatoms. The fourth-order valence-corrected chi connectivity index (χ4v) is 2.87. The quantitative estimate of drug-likeness (QED) is 0.856. The number of rotatable bonds is 5. The molecule has 0 aromatic heterocycles. The summed E-state index contributed by atoms with van der Waals surface area (Å²) in [6.07, 6.45) is 7.28. The van der Waals surface area contributed by atoms with Crippen molar-refractivity contribution in [3.8, 4) is 0 Å². The van der Waals surface area contributed by atoms with Gasteiger partial charge in [0.1, 0.15) is 0 Å². The molecule has 100 valence electrons. The number of aliphatic hydroxyl groups excluding tert-OH is 1. The molecule has 0 amide bonds. The summed E-state index contributed by atoms with van der Waals surface area (Å²) in [6.45, 7) is 0. The second-order valence-electron chi connectivity index (χ2n) is 5.73. The first kappa shape index (κ1) is 13.4. The highest BCUT2D eigenvalue weighted by Gasteiger charge is 2.17. The molecule has 0 spiro atoms. The Labute approximate surface area is 111 Å². The van der Waals surface area contributed by atoms with Crippen LogP contribution in [-0.4, -0.2) is 19.2 Å². The molecule has 1 unspecified atom stereocenters. The van der Waals surface area contributed by atoms with Gasteiger partial charge in [-0.3, -0.25) is 0 Å². The molecule has 1 aliphatic carbocycles. The molecule has 1 aromatic carbocycles. The fourth-order valence-electron chi connectivity index (χ4n) is 2.87. The monoisotopic (exact) mass is 247 g/mol. The van der Waals surface area contributed by atoms with Gasteiger partial charge in [-0.15, -0.1) is 0 Å². The summed E-state index contributed by atoms with van der Waals surface area (Å²) in [7, 11) is 4.06. The van der Waals surface area contributed by atoms with E-state index < -0.39 is 0 Å². The minimum Gasteiger partial charge on any atom is -0.388 e. The van der Waals surface area contributed by atoms with Gasteiger partial charge in [0, 0.05) is 19.8 Å². The van der Waals surface area contributed by atoms with Crippen LogP contribution in [0.15, 0.2) is 24.3 Å². The highest BCUT2D eigenvalue weighted by Crippen LogP contribution is 2.31. The van der Waals surface area contributed by atoms with E-state index in [0.717, 1.165) is 23.6 Å². The second kappa shape index (κ2) is 6.24. The van der Waals surface area contributed by atoms with Crippen molar-refractivity contribution < 1.29 is 5.11 Å². The van der Waals surface area contributed by atoms with Gasteiger partial charge in [-0.2, -0.15) is 0 Å². The van der Waals surface area contributed by atoms with Crippen LogP contribution in [0.25, 0.3) is 0 Å². The zero-order valence-corrected chi connectivity index (χ0v) is 11.6. The van der Waals surface area contributed by atoms with E-state index in [0.29, 0.717) is 0 Å². The van der Waals surface area contributed by atoms with Crippen molar-refractivity contribution in [3.63, 3.8) is 0 Å². The first-order valence-corrected chi connectivity index (χ1v) is 7.12. The molecule has 1 aromatic rings. The number of benzene rings is 1. The van der Waals surface area contributed by atoms with Gasteiger partial charge in [0.15, 0.2) is 0 Å². The summed E-state index contributed by atoms with van der Waals surface area (Å²) >= 11 is 0. The number of aliphatic hydroxyl groups is 1. The summed E-state index contributed by atoms with van der Waals surface area (Å²) < 4.78 is 0. The Hall–Kier alpha value is -1.02. The van der Waals surface area contributed by atoms with E-state index in [9.17, 15) is 5.11 Å². The van der Waals surface area contributed by atoms with Crippen LogP contribution in [0.2, 0.25) is 0 Å². The standard InChI is InChI=1S/C16H25NO/c1-17(2)15-9-5-8-14(12-15)16(18)11-10-13-6-3-4-7-13/h5,8-9,12-13,16,18H,3-4,6-7,10-11H2,1-2H3. The van der Waals surface area contributed by atoms with Crippen molar-refractivity contribution in [3.05, 3.63) is 29.8 Å². The van der Waals surface area contributed by atoms with Gasteiger partial charge < -0.3 is 10.0 Å². The van der Waals surface area contributed by atoms with Crippen LogP contribution in [0.4, 0.5) is 5.69 Å². The smallest absolute Gasteiger partial charge is 0.0790 e. The van der Waals surface area contributed by atoms with E-state index in [2.05, 4.69) is 17.0 Å². The minimum absolute atomic E-state index is 0.300. The zero-order chi connectivity index (χ0) is 13.0. The van der Waals surface area contributed by atoms with E-state index in [4.69, 9.17) is 0 Å². The molecule has 18 heavy (non-hydrogen) atoms. The van der Waals surface area contributed by atoms with E-state index in [1.807, 2.05) is 26.2 Å². The third kappa shape index (κ3) is 3.49. The summed E-state index contributed by atoms with van der Waals surface area (Å²) in [5.74, 6) is 0.858. The van der Waals surface area contributed by atoms with Crippen molar-refractivity contribution in [1.29, 1.82) is 0 Å². The van der Waals surface area contributed by atoms with Crippen molar-refractivity contribution >= 4 is 5.69 Å². The van der Waals surface area contributed by atoms with Gasteiger partial charge in [0.2, 0.25) is 0 Å². The predicted octanol–water partition coefficient (Wildman–Crippen LogP) is 3.76. The van der Waals surface area contributed by atoms with E-state index in [1.54, 1.807) is 0 Å². The summed E-state index contributed by atoms with van der Waals surface area (Å²) in [5.41, 5.74) is 2.21. The average Bonchev–Trinajstić information content (AvgIpc) is 2.89. The van der Waals surface area contributed by atoms with Gasteiger partial charge in [0.25, 0.3) is 0 Å².